The average molecular weight is 224 g/mol. The summed E-state index contributed by atoms with van der Waals surface area (Å²) >= 11 is 0. The van der Waals surface area contributed by atoms with Gasteiger partial charge in [-0.1, -0.05) is 6.08 Å². The molecule has 88 valence electrons. The van der Waals surface area contributed by atoms with E-state index >= 15 is 0 Å². The third kappa shape index (κ3) is 1.26. The Labute approximate surface area is 94.2 Å². The van der Waals surface area contributed by atoms with Gasteiger partial charge in [-0.2, -0.15) is 0 Å². The van der Waals surface area contributed by atoms with E-state index in [0.29, 0.717) is 5.92 Å². The molecule has 3 fully saturated rings. The molecule has 2 saturated carbocycles. The Kier molecular flexibility index (Phi) is 2.13. The fraction of sp³-hybridized carbons (Fsp3) is 0.750. The Hall–Kier alpha value is -0.870. The quantitative estimate of drug-likeness (QED) is 0.537. The number of esters is 1. The van der Waals surface area contributed by atoms with Crippen molar-refractivity contribution in [1.29, 1.82) is 0 Å². The van der Waals surface area contributed by atoms with Crippen LogP contribution in [-0.2, 0) is 14.3 Å². The lowest BCUT2D eigenvalue weighted by molar-refractivity contribution is -0.339. The van der Waals surface area contributed by atoms with E-state index in [1.165, 1.54) is 12.5 Å². The van der Waals surface area contributed by atoms with Crippen molar-refractivity contribution in [2.75, 3.05) is 0 Å². The Balaban J connectivity index is 1.84. The molecule has 0 aromatic rings. The van der Waals surface area contributed by atoms with Gasteiger partial charge in [0.1, 0.15) is 5.92 Å². The topological polar surface area (TPSA) is 55.8 Å². The second-order valence-electron chi connectivity index (χ2n) is 5.08. The monoisotopic (exact) mass is 224 g/mol. The van der Waals surface area contributed by atoms with Crippen LogP contribution in [0.5, 0.6) is 0 Å². The van der Waals surface area contributed by atoms with Gasteiger partial charge in [0.2, 0.25) is 5.79 Å². The third-order valence-corrected chi connectivity index (χ3v) is 4.16. The van der Waals surface area contributed by atoms with Crippen LogP contribution in [0.3, 0.4) is 0 Å². The Morgan fingerprint density at radius 3 is 2.81 bits per heavy atom. The summed E-state index contributed by atoms with van der Waals surface area (Å²) in [7, 11) is 0. The maximum atomic E-state index is 11.7. The van der Waals surface area contributed by atoms with Crippen molar-refractivity contribution in [3.63, 3.8) is 0 Å². The number of carbonyl (C=O) groups is 1. The van der Waals surface area contributed by atoms with Gasteiger partial charge in [-0.05, 0) is 25.2 Å². The van der Waals surface area contributed by atoms with Crippen LogP contribution in [-0.4, -0.2) is 23.2 Å². The van der Waals surface area contributed by atoms with Gasteiger partial charge in [-0.25, -0.2) is 0 Å². The van der Waals surface area contributed by atoms with Crippen molar-refractivity contribution in [3.05, 3.63) is 12.7 Å². The van der Waals surface area contributed by atoms with E-state index in [-0.39, 0.29) is 5.92 Å². The predicted octanol–water partition coefficient (Wildman–Crippen LogP) is 1.20. The third-order valence-electron chi connectivity index (χ3n) is 4.16. The lowest BCUT2D eigenvalue weighted by atomic mass is 9.92. The molecular formula is C12H16O4. The molecule has 0 radical (unpaired) electrons. The number of hydrogen-bond acceptors (Lipinski definition) is 4. The number of aliphatic hydroxyl groups excluding tert-OH is 1. The Bertz CT molecular complexity index is 340. The SMILES string of the molecule is C=CC1C(=O)OC2(CC3CCC2C3)OC1O. The van der Waals surface area contributed by atoms with Crippen LogP contribution < -0.4 is 0 Å². The van der Waals surface area contributed by atoms with Crippen LogP contribution in [0.4, 0.5) is 0 Å². The summed E-state index contributed by atoms with van der Waals surface area (Å²) in [5.41, 5.74) is 0. The minimum absolute atomic E-state index is 0.266. The summed E-state index contributed by atoms with van der Waals surface area (Å²) in [4.78, 5) is 11.7. The summed E-state index contributed by atoms with van der Waals surface area (Å²) in [5, 5.41) is 9.80. The molecule has 1 aliphatic heterocycles. The van der Waals surface area contributed by atoms with E-state index < -0.39 is 24.0 Å². The number of fused-ring (bicyclic) bond motifs is 3. The highest BCUT2D eigenvalue weighted by atomic mass is 16.8. The van der Waals surface area contributed by atoms with Crippen LogP contribution in [0.2, 0.25) is 0 Å². The van der Waals surface area contributed by atoms with E-state index in [4.69, 9.17) is 9.47 Å². The first-order valence-electron chi connectivity index (χ1n) is 5.86. The van der Waals surface area contributed by atoms with Gasteiger partial charge in [-0.3, -0.25) is 4.79 Å². The highest BCUT2D eigenvalue weighted by Gasteiger charge is 2.59. The second-order valence-corrected chi connectivity index (χ2v) is 5.08. The number of ether oxygens (including phenoxy) is 2. The molecule has 0 amide bonds. The van der Waals surface area contributed by atoms with Crippen LogP contribution in [0.1, 0.15) is 25.7 Å². The van der Waals surface area contributed by atoms with Crippen molar-refractivity contribution >= 4 is 5.97 Å². The first-order valence-corrected chi connectivity index (χ1v) is 5.86. The molecule has 2 aliphatic carbocycles. The maximum Gasteiger partial charge on any atom is 0.320 e. The molecule has 1 saturated heterocycles. The first kappa shape index (κ1) is 10.3. The minimum Gasteiger partial charge on any atom is -0.432 e. The molecule has 3 aliphatic rings. The molecule has 0 aromatic heterocycles. The Morgan fingerprint density at radius 1 is 1.50 bits per heavy atom. The molecular weight excluding hydrogens is 208 g/mol. The lowest BCUT2D eigenvalue weighted by Crippen LogP contribution is -2.54. The maximum absolute atomic E-state index is 11.7. The van der Waals surface area contributed by atoms with Gasteiger partial charge in [0.25, 0.3) is 0 Å². The molecule has 1 heterocycles. The first-order chi connectivity index (χ1) is 7.64. The van der Waals surface area contributed by atoms with Gasteiger partial charge < -0.3 is 14.6 Å². The van der Waals surface area contributed by atoms with Crippen molar-refractivity contribution in [1.82, 2.24) is 0 Å². The summed E-state index contributed by atoms with van der Waals surface area (Å²) in [6, 6.07) is 0. The molecule has 5 unspecified atom stereocenters. The van der Waals surface area contributed by atoms with E-state index in [9.17, 15) is 9.90 Å². The van der Waals surface area contributed by atoms with Crippen molar-refractivity contribution < 1.29 is 19.4 Å². The minimum atomic E-state index is -1.10. The van der Waals surface area contributed by atoms with Gasteiger partial charge in [-0.15, -0.1) is 6.58 Å². The zero-order chi connectivity index (χ0) is 11.3. The largest absolute Gasteiger partial charge is 0.432 e. The van der Waals surface area contributed by atoms with Crippen LogP contribution in [0, 0.1) is 17.8 Å². The van der Waals surface area contributed by atoms with Crippen molar-refractivity contribution in [2.24, 2.45) is 17.8 Å². The normalized spacial score (nSPS) is 50.7. The van der Waals surface area contributed by atoms with E-state index in [0.717, 1.165) is 19.3 Å². The zero-order valence-electron chi connectivity index (χ0n) is 9.09. The van der Waals surface area contributed by atoms with Gasteiger partial charge in [0.15, 0.2) is 6.29 Å². The fourth-order valence-corrected chi connectivity index (χ4v) is 3.37. The summed E-state index contributed by atoms with van der Waals surface area (Å²) < 4.78 is 11.0. The number of aliphatic hydroxyl groups is 1. The summed E-state index contributed by atoms with van der Waals surface area (Å²) in [6.07, 6.45) is 4.30. The predicted molar refractivity (Wildman–Crippen MR) is 55.0 cm³/mol. The number of rotatable bonds is 1. The molecule has 0 aromatic carbocycles. The van der Waals surface area contributed by atoms with E-state index in [1.807, 2.05) is 0 Å². The molecule has 3 rings (SSSR count). The van der Waals surface area contributed by atoms with Gasteiger partial charge >= 0.3 is 5.97 Å². The van der Waals surface area contributed by atoms with Crippen LogP contribution in [0.15, 0.2) is 12.7 Å². The molecule has 16 heavy (non-hydrogen) atoms. The highest BCUT2D eigenvalue weighted by molar-refractivity contribution is 5.76. The molecule has 5 atom stereocenters. The molecule has 1 spiro atoms. The van der Waals surface area contributed by atoms with E-state index in [2.05, 4.69) is 6.58 Å². The molecule has 1 N–H and O–H groups in total. The van der Waals surface area contributed by atoms with Gasteiger partial charge in [0.05, 0.1) is 0 Å². The Morgan fingerprint density at radius 2 is 2.31 bits per heavy atom. The second kappa shape index (κ2) is 3.31. The van der Waals surface area contributed by atoms with Crippen molar-refractivity contribution in [2.45, 2.75) is 37.8 Å². The number of carbonyl (C=O) groups excluding carboxylic acids is 1. The highest BCUT2D eigenvalue weighted by Crippen LogP contribution is 2.55. The zero-order valence-corrected chi connectivity index (χ0v) is 9.09. The molecule has 2 bridgehead atoms. The fourth-order valence-electron chi connectivity index (χ4n) is 3.37. The summed E-state index contributed by atoms with van der Waals surface area (Å²) in [5.74, 6) is -1.13. The van der Waals surface area contributed by atoms with E-state index in [1.54, 1.807) is 0 Å². The standard InChI is InChI=1S/C12H16O4/c1-2-9-10(13)15-12(16-11(9)14)6-7-3-4-8(12)5-7/h2,7-10,13H,1,3-6H2. The lowest BCUT2D eigenvalue weighted by Gasteiger charge is -2.43. The smallest absolute Gasteiger partial charge is 0.320 e. The molecule has 4 nitrogen and oxygen atoms in total. The van der Waals surface area contributed by atoms with Crippen LogP contribution >= 0.6 is 0 Å². The molecule has 4 heteroatoms. The average Bonchev–Trinajstić information content (AvgIpc) is 2.76. The summed E-state index contributed by atoms with van der Waals surface area (Å²) in [6.45, 7) is 3.51. The van der Waals surface area contributed by atoms with Crippen molar-refractivity contribution in [3.8, 4) is 0 Å². The number of hydrogen-bond donors (Lipinski definition) is 1. The van der Waals surface area contributed by atoms with Crippen LogP contribution in [0.25, 0.3) is 0 Å². The van der Waals surface area contributed by atoms with Gasteiger partial charge in [0, 0.05) is 12.3 Å².